The van der Waals surface area contributed by atoms with Crippen LogP contribution in [0.5, 0.6) is 0 Å². The first kappa shape index (κ1) is 17.7. The topological polar surface area (TPSA) is 81.1 Å². The number of halogens is 1. The average molecular weight is 365 g/mol. The Labute approximate surface area is 150 Å². The number of aryl methyl sites for hydroxylation is 1. The maximum absolute atomic E-state index is 12.5. The predicted molar refractivity (Wildman–Crippen MR) is 96.1 cm³/mol. The zero-order valence-corrected chi connectivity index (χ0v) is 15.0. The lowest BCUT2D eigenvalue weighted by molar-refractivity contribution is 0.190. The van der Waals surface area contributed by atoms with Gasteiger partial charge in [-0.15, -0.1) is 12.4 Å². The number of rotatable bonds is 3. The van der Waals surface area contributed by atoms with Crippen LogP contribution in [0.25, 0.3) is 11.0 Å². The molecule has 1 aliphatic heterocycles. The Morgan fingerprint density at radius 2 is 2.04 bits per heavy atom. The first-order valence-electron chi connectivity index (χ1n) is 8.03. The molecule has 134 valence electrons. The van der Waals surface area contributed by atoms with Crippen LogP contribution in [0.15, 0.2) is 33.6 Å². The summed E-state index contributed by atoms with van der Waals surface area (Å²) >= 11 is 0. The van der Waals surface area contributed by atoms with Crippen LogP contribution < -0.4 is 11.0 Å². The molecule has 3 aromatic rings. The van der Waals surface area contributed by atoms with E-state index in [1.807, 2.05) is 24.3 Å². The van der Waals surface area contributed by atoms with Gasteiger partial charge in [0, 0.05) is 26.7 Å². The molecule has 0 aliphatic carbocycles. The van der Waals surface area contributed by atoms with Gasteiger partial charge in [-0.3, -0.25) is 14.0 Å². The van der Waals surface area contributed by atoms with E-state index in [1.54, 1.807) is 16.2 Å². The fourth-order valence-electron chi connectivity index (χ4n) is 3.21. The monoisotopic (exact) mass is 364 g/mol. The molecular formula is C16H21ClN6O2. The van der Waals surface area contributed by atoms with E-state index >= 15 is 0 Å². The largest absolute Gasteiger partial charge is 0.337 e. The standard InChI is InChI=1S/C16H20N6O2.ClH/c1-20-8-7-17-9-13(20)15-18-14(24-19-15)10-22-12-6-4-3-5-11(12)21(2)16(22)23;/h3-6,13,17H,7-10H2,1-2H3;1H. The number of nitrogens with zero attached hydrogens (tertiary/aromatic N) is 5. The minimum Gasteiger partial charge on any atom is -0.337 e. The SMILES string of the molecule is CN1CCNCC1c1noc(Cn2c(=O)n(C)c3ccccc32)n1.Cl. The number of likely N-dealkylation sites (N-methyl/N-ethyl adjacent to an activating group) is 1. The second-order valence-corrected chi connectivity index (χ2v) is 6.16. The molecule has 0 saturated carbocycles. The van der Waals surface area contributed by atoms with Gasteiger partial charge in [0.2, 0.25) is 5.89 Å². The lowest BCUT2D eigenvalue weighted by Gasteiger charge is -2.30. The van der Waals surface area contributed by atoms with Crippen LogP contribution in [0.4, 0.5) is 0 Å². The molecule has 0 bridgehead atoms. The quantitative estimate of drug-likeness (QED) is 0.739. The summed E-state index contributed by atoms with van der Waals surface area (Å²) in [5, 5.41) is 7.45. The van der Waals surface area contributed by atoms with Crippen LogP contribution in [0.1, 0.15) is 17.8 Å². The lowest BCUT2D eigenvalue weighted by atomic mass is 10.2. The van der Waals surface area contributed by atoms with Gasteiger partial charge in [-0.2, -0.15) is 4.98 Å². The Morgan fingerprint density at radius 1 is 1.28 bits per heavy atom. The number of hydrogen-bond donors (Lipinski definition) is 1. The molecule has 1 fully saturated rings. The molecule has 0 radical (unpaired) electrons. The van der Waals surface area contributed by atoms with E-state index < -0.39 is 0 Å². The third kappa shape index (κ3) is 3.08. The lowest BCUT2D eigenvalue weighted by Crippen LogP contribution is -2.44. The molecule has 1 saturated heterocycles. The highest BCUT2D eigenvalue weighted by molar-refractivity contribution is 5.85. The second-order valence-electron chi connectivity index (χ2n) is 6.16. The van der Waals surface area contributed by atoms with Crippen LogP contribution >= 0.6 is 12.4 Å². The van der Waals surface area contributed by atoms with E-state index in [9.17, 15) is 4.79 Å². The fourth-order valence-corrected chi connectivity index (χ4v) is 3.21. The maximum atomic E-state index is 12.5. The Hall–Kier alpha value is -2.16. The molecule has 25 heavy (non-hydrogen) atoms. The van der Waals surface area contributed by atoms with Crippen LogP contribution in [0.3, 0.4) is 0 Å². The van der Waals surface area contributed by atoms with Crippen molar-refractivity contribution >= 4 is 23.4 Å². The normalized spacial score (nSPS) is 18.4. The highest BCUT2D eigenvalue weighted by Gasteiger charge is 2.25. The zero-order chi connectivity index (χ0) is 16.7. The third-order valence-corrected chi connectivity index (χ3v) is 4.64. The molecule has 1 atom stereocenters. The number of nitrogens with one attached hydrogen (secondary N) is 1. The van der Waals surface area contributed by atoms with Gasteiger partial charge in [0.05, 0.1) is 17.1 Å². The summed E-state index contributed by atoms with van der Waals surface area (Å²) in [5.74, 6) is 1.11. The summed E-state index contributed by atoms with van der Waals surface area (Å²) in [6, 6.07) is 7.78. The molecular weight excluding hydrogens is 344 g/mol. The summed E-state index contributed by atoms with van der Waals surface area (Å²) in [5.41, 5.74) is 1.66. The van der Waals surface area contributed by atoms with Crippen molar-refractivity contribution in [3.05, 3.63) is 46.5 Å². The third-order valence-electron chi connectivity index (χ3n) is 4.64. The molecule has 1 aromatic carbocycles. The number of para-hydroxylation sites is 2. The molecule has 2 aromatic heterocycles. The van der Waals surface area contributed by atoms with Crippen molar-refractivity contribution in [1.82, 2.24) is 29.5 Å². The summed E-state index contributed by atoms with van der Waals surface area (Å²) in [4.78, 5) is 19.2. The molecule has 4 rings (SSSR count). The van der Waals surface area contributed by atoms with Crippen LogP contribution in [0.2, 0.25) is 0 Å². The van der Waals surface area contributed by atoms with Crippen molar-refractivity contribution in [1.29, 1.82) is 0 Å². The van der Waals surface area contributed by atoms with Gasteiger partial charge in [0.15, 0.2) is 5.82 Å². The minimum atomic E-state index is -0.0904. The first-order chi connectivity index (χ1) is 11.6. The smallest absolute Gasteiger partial charge is 0.329 e. The van der Waals surface area contributed by atoms with E-state index in [0.717, 1.165) is 30.7 Å². The van der Waals surface area contributed by atoms with Crippen LogP contribution in [-0.4, -0.2) is 50.9 Å². The van der Waals surface area contributed by atoms with Crippen molar-refractivity contribution in [2.75, 3.05) is 26.7 Å². The summed E-state index contributed by atoms with van der Waals surface area (Å²) in [6.07, 6.45) is 0. The Balaban J connectivity index is 0.00000182. The number of hydrogen-bond acceptors (Lipinski definition) is 6. The molecule has 8 nitrogen and oxygen atoms in total. The first-order valence-corrected chi connectivity index (χ1v) is 8.03. The van der Waals surface area contributed by atoms with Crippen molar-refractivity contribution in [3.63, 3.8) is 0 Å². The van der Waals surface area contributed by atoms with E-state index in [1.165, 1.54) is 0 Å². The molecule has 0 spiro atoms. The number of benzene rings is 1. The molecule has 3 heterocycles. The number of piperazine rings is 1. The van der Waals surface area contributed by atoms with Gasteiger partial charge in [-0.05, 0) is 19.2 Å². The number of aromatic nitrogens is 4. The summed E-state index contributed by atoms with van der Waals surface area (Å²) < 4.78 is 8.69. The van der Waals surface area contributed by atoms with Crippen molar-refractivity contribution in [2.24, 2.45) is 7.05 Å². The van der Waals surface area contributed by atoms with E-state index in [-0.39, 0.29) is 30.7 Å². The van der Waals surface area contributed by atoms with Gasteiger partial charge in [-0.25, -0.2) is 4.79 Å². The molecule has 1 unspecified atom stereocenters. The molecule has 1 N–H and O–H groups in total. The van der Waals surface area contributed by atoms with E-state index in [4.69, 9.17) is 4.52 Å². The average Bonchev–Trinajstić information content (AvgIpc) is 3.15. The van der Waals surface area contributed by atoms with Crippen molar-refractivity contribution < 1.29 is 4.52 Å². The van der Waals surface area contributed by atoms with E-state index in [2.05, 4.69) is 27.4 Å². The number of fused-ring (bicyclic) bond motifs is 1. The van der Waals surface area contributed by atoms with E-state index in [0.29, 0.717) is 11.7 Å². The number of imidazole rings is 1. The van der Waals surface area contributed by atoms with Gasteiger partial charge in [-0.1, -0.05) is 17.3 Å². The van der Waals surface area contributed by atoms with Gasteiger partial charge >= 0.3 is 5.69 Å². The Morgan fingerprint density at radius 3 is 2.80 bits per heavy atom. The van der Waals surface area contributed by atoms with Crippen LogP contribution in [-0.2, 0) is 13.6 Å². The second kappa shape index (κ2) is 6.99. The van der Waals surface area contributed by atoms with Gasteiger partial charge < -0.3 is 9.84 Å². The van der Waals surface area contributed by atoms with Gasteiger partial charge in [0.1, 0.15) is 6.54 Å². The Bertz CT molecular complexity index is 930. The summed E-state index contributed by atoms with van der Waals surface area (Å²) in [6.45, 7) is 2.97. The minimum absolute atomic E-state index is 0. The molecule has 1 aliphatic rings. The van der Waals surface area contributed by atoms with Crippen molar-refractivity contribution in [2.45, 2.75) is 12.6 Å². The molecule has 9 heteroatoms. The Kier molecular flexibility index (Phi) is 4.94. The molecule has 0 amide bonds. The highest BCUT2D eigenvalue weighted by atomic mass is 35.5. The predicted octanol–water partition coefficient (Wildman–Crippen LogP) is 0.769. The zero-order valence-electron chi connectivity index (χ0n) is 14.2. The van der Waals surface area contributed by atoms with Crippen molar-refractivity contribution in [3.8, 4) is 0 Å². The van der Waals surface area contributed by atoms with Gasteiger partial charge in [0.25, 0.3) is 0 Å². The maximum Gasteiger partial charge on any atom is 0.329 e. The highest BCUT2D eigenvalue weighted by Crippen LogP contribution is 2.18. The van der Waals surface area contributed by atoms with Crippen LogP contribution in [0, 0.1) is 0 Å². The fraction of sp³-hybridized carbons (Fsp3) is 0.438. The summed E-state index contributed by atoms with van der Waals surface area (Å²) in [7, 11) is 3.82.